The monoisotopic (exact) mass is 289 g/mol. The number of hydrogen-bond acceptors (Lipinski definition) is 5. The molecule has 0 aromatic heterocycles. The molecule has 0 saturated heterocycles. The summed E-state index contributed by atoms with van der Waals surface area (Å²) < 4.78 is 30.9. The van der Waals surface area contributed by atoms with Crippen LogP contribution in [-0.2, 0) is 14.8 Å². The van der Waals surface area contributed by atoms with E-state index in [0.717, 1.165) is 0 Å². The fourth-order valence-electron chi connectivity index (χ4n) is 1.39. The summed E-state index contributed by atoms with van der Waals surface area (Å²) in [5.74, 6) is -1.13. The summed E-state index contributed by atoms with van der Waals surface area (Å²) >= 11 is 0. The van der Waals surface area contributed by atoms with Crippen LogP contribution in [0, 0.1) is 0 Å². The molecule has 7 nitrogen and oxygen atoms in total. The Kier molecular flexibility index (Phi) is 5.43. The number of carbonyl (C=O) groups is 1. The molecule has 8 heteroatoms. The van der Waals surface area contributed by atoms with E-state index in [1.807, 2.05) is 0 Å². The minimum atomic E-state index is -3.82. The molecule has 3 N–H and O–H groups in total. The van der Waals surface area contributed by atoms with Crippen molar-refractivity contribution in [2.24, 2.45) is 0 Å². The maximum Gasteiger partial charge on any atom is 0.335 e. The van der Waals surface area contributed by atoms with Crippen LogP contribution in [0.5, 0.6) is 0 Å². The number of carboxylic acid groups (broad SMARTS) is 1. The first kappa shape index (κ1) is 15.6. The van der Waals surface area contributed by atoms with Gasteiger partial charge < -0.3 is 14.9 Å². The highest BCUT2D eigenvalue weighted by molar-refractivity contribution is 7.89. The molecule has 1 aromatic carbocycles. The van der Waals surface area contributed by atoms with E-state index in [1.165, 1.54) is 31.4 Å². The SMILES string of the molecule is COCC(CO)NS(=O)(=O)c1ccc(C(=O)O)cc1. The average molecular weight is 289 g/mol. The van der Waals surface area contributed by atoms with E-state index in [4.69, 9.17) is 14.9 Å². The number of aliphatic hydroxyl groups excluding tert-OH is 1. The zero-order valence-electron chi connectivity index (χ0n) is 10.2. The summed E-state index contributed by atoms with van der Waals surface area (Å²) in [5, 5.41) is 17.7. The van der Waals surface area contributed by atoms with Crippen LogP contribution >= 0.6 is 0 Å². The van der Waals surface area contributed by atoms with E-state index in [1.54, 1.807) is 0 Å². The molecule has 0 aliphatic rings. The minimum absolute atomic E-state index is 0.00505. The van der Waals surface area contributed by atoms with Crippen LogP contribution in [0.15, 0.2) is 29.2 Å². The Labute approximate surface area is 110 Å². The first-order chi connectivity index (χ1) is 8.90. The first-order valence-corrected chi connectivity index (χ1v) is 6.84. The second-order valence-electron chi connectivity index (χ2n) is 3.79. The Morgan fingerprint density at radius 3 is 2.37 bits per heavy atom. The number of carboxylic acids is 1. The number of aromatic carboxylic acids is 1. The third kappa shape index (κ3) is 4.28. The topological polar surface area (TPSA) is 113 Å². The van der Waals surface area contributed by atoms with Crippen LogP contribution in [0.1, 0.15) is 10.4 Å². The van der Waals surface area contributed by atoms with Gasteiger partial charge in [0.25, 0.3) is 0 Å². The van der Waals surface area contributed by atoms with Crippen LogP contribution in [-0.4, -0.2) is 51.0 Å². The zero-order chi connectivity index (χ0) is 14.5. The van der Waals surface area contributed by atoms with Gasteiger partial charge in [-0.05, 0) is 24.3 Å². The van der Waals surface area contributed by atoms with Crippen molar-refractivity contribution in [2.45, 2.75) is 10.9 Å². The maximum atomic E-state index is 11.9. The molecule has 0 radical (unpaired) electrons. The number of benzene rings is 1. The summed E-state index contributed by atoms with van der Waals surface area (Å²) in [7, 11) is -2.43. The van der Waals surface area contributed by atoms with Crippen LogP contribution in [0.25, 0.3) is 0 Å². The largest absolute Gasteiger partial charge is 0.478 e. The fourth-order valence-corrected chi connectivity index (χ4v) is 2.60. The van der Waals surface area contributed by atoms with Crippen molar-refractivity contribution in [3.05, 3.63) is 29.8 Å². The Hall–Kier alpha value is -1.48. The van der Waals surface area contributed by atoms with Crippen molar-refractivity contribution >= 4 is 16.0 Å². The van der Waals surface area contributed by atoms with Crippen LogP contribution in [0.4, 0.5) is 0 Å². The first-order valence-electron chi connectivity index (χ1n) is 5.36. The highest BCUT2D eigenvalue weighted by atomic mass is 32.2. The number of aliphatic hydroxyl groups is 1. The predicted octanol–water partition coefficient (Wildman–Crippen LogP) is -0.330. The van der Waals surface area contributed by atoms with Crippen LogP contribution in [0.2, 0.25) is 0 Å². The van der Waals surface area contributed by atoms with Crippen molar-refractivity contribution in [1.82, 2.24) is 4.72 Å². The number of nitrogens with one attached hydrogen (secondary N) is 1. The van der Waals surface area contributed by atoms with E-state index in [0.29, 0.717) is 0 Å². The maximum absolute atomic E-state index is 11.9. The van der Waals surface area contributed by atoms with E-state index in [-0.39, 0.29) is 17.1 Å². The lowest BCUT2D eigenvalue weighted by atomic mass is 10.2. The van der Waals surface area contributed by atoms with Crippen molar-refractivity contribution in [3.63, 3.8) is 0 Å². The lowest BCUT2D eigenvalue weighted by molar-refractivity contribution is 0.0696. The molecule has 0 heterocycles. The smallest absolute Gasteiger partial charge is 0.335 e. The standard InChI is InChI=1S/C11H15NO6S/c1-18-7-9(6-13)12-19(16,17)10-4-2-8(3-5-10)11(14)15/h2-5,9,12-13H,6-7H2,1H3,(H,14,15). The van der Waals surface area contributed by atoms with Gasteiger partial charge in [-0.15, -0.1) is 0 Å². The number of sulfonamides is 1. The molecule has 106 valence electrons. The molecule has 0 aliphatic carbocycles. The molecule has 19 heavy (non-hydrogen) atoms. The molecule has 0 spiro atoms. The Morgan fingerprint density at radius 1 is 1.37 bits per heavy atom. The average Bonchev–Trinajstić information content (AvgIpc) is 2.38. The molecule has 0 fully saturated rings. The number of ether oxygens (including phenoxy) is 1. The van der Waals surface area contributed by atoms with Crippen molar-refractivity contribution in [3.8, 4) is 0 Å². The van der Waals surface area contributed by atoms with Gasteiger partial charge in [-0.3, -0.25) is 0 Å². The molecular formula is C11H15NO6S. The second-order valence-corrected chi connectivity index (χ2v) is 5.50. The molecule has 0 amide bonds. The second kappa shape index (κ2) is 6.62. The molecule has 0 saturated carbocycles. The molecule has 1 atom stereocenters. The summed E-state index contributed by atoms with van der Waals surface area (Å²) in [4.78, 5) is 10.6. The summed E-state index contributed by atoms with van der Waals surface area (Å²) in [5.41, 5.74) is -0.00505. The zero-order valence-corrected chi connectivity index (χ0v) is 11.1. The lowest BCUT2D eigenvalue weighted by Crippen LogP contribution is -2.40. The van der Waals surface area contributed by atoms with Crippen molar-refractivity contribution < 1.29 is 28.2 Å². The third-order valence-electron chi connectivity index (χ3n) is 2.32. The van der Waals surface area contributed by atoms with Crippen molar-refractivity contribution in [2.75, 3.05) is 20.3 Å². The molecule has 1 rings (SSSR count). The molecular weight excluding hydrogens is 274 g/mol. The quantitative estimate of drug-likeness (QED) is 0.633. The van der Waals surface area contributed by atoms with Gasteiger partial charge in [-0.2, -0.15) is 0 Å². The Bertz CT molecular complexity index is 525. The number of rotatable bonds is 7. The van der Waals surface area contributed by atoms with E-state index in [9.17, 15) is 13.2 Å². The van der Waals surface area contributed by atoms with Crippen molar-refractivity contribution in [1.29, 1.82) is 0 Å². The van der Waals surface area contributed by atoms with Gasteiger partial charge in [-0.25, -0.2) is 17.9 Å². The normalized spacial score (nSPS) is 13.2. The molecule has 1 unspecified atom stereocenters. The molecule has 0 aliphatic heterocycles. The van der Waals surface area contributed by atoms with Gasteiger partial charge >= 0.3 is 5.97 Å². The lowest BCUT2D eigenvalue weighted by Gasteiger charge is -2.15. The summed E-state index contributed by atoms with van der Waals surface area (Å²) in [6.07, 6.45) is 0. The van der Waals surface area contributed by atoms with Crippen LogP contribution in [0.3, 0.4) is 0 Å². The molecule has 1 aromatic rings. The van der Waals surface area contributed by atoms with E-state index >= 15 is 0 Å². The Balaban J connectivity index is 2.90. The third-order valence-corrected chi connectivity index (χ3v) is 3.86. The van der Waals surface area contributed by atoms with Gasteiger partial charge in [0.15, 0.2) is 0 Å². The van der Waals surface area contributed by atoms with Gasteiger partial charge in [0.05, 0.1) is 29.7 Å². The van der Waals surface area contributed by atoms with Gasteiger partial charge in [0.1, 0.15) is 0 Å². The highest BCUT2D eigenvalue weighted by Gasteiger charge is 2.19. The molecule has 0 bridgehead atoms. The fraction of sp³-hybridized carbons (Fsp3) is 0.364. The van der Waals surface area contributed by atoms with Gasteiger partial charge in [-0.1, -0.05) is 0 Å². The minimum Gasteiger partial charge on any atom is -0.478 e. The van der Waals surface area contributed by atoms with Gasteiger partial charge in [0, 0.05) is 7.11 Å². The van der Waals surface area contributed by atoms with E-state index in [2.05, 4.69) is 4.72 Å². The number of methoxy groups -OCH3 is 1. The van der Waals surface area contributed by atoms with E-state index < -0.39 is 28.6 Å². The predicted molar refractivity (Wildman–Crippen MR) is 66.5 cm³/mol. The van der Waals surface area contributed by atoms with Gasteiger partial charge in [0.2, 0.25) is 10.0 Å². The Morgan fingerprint density at radius 2 is 1.95 bits per heavy atom. The summed E-state index contributed by atoms with van der Waals surface area (Å²) in [6, 6.07) is 4.01. The summed E-state index contributed by atoms with van der Waals surface area (Å²) in [6.45, 7) is -0.372. The highest BCUT2D eigenvalue weighted by Crippen LogP contribution is 2.11. The number of hydrogen-bond donors (Lipinski definition) is 3. The van der Waals surface area contributed by atoms with Crippen LogP contribution < -0.4 is 4.72 Å².